The number of hydrogen-bond donors (Lipinski definition) is 2. The molecule has 2 atom stereocenters. The molecule has 0 aromatic heterocycles. The Kier molecular flexibility index (Phi) is 6.08. The van der Waals surface area contributed by atoms with Crippen LogP contribution >= 0.6 is 12.2 Å². The second-order valence-corrected chi connectivity index (χ2v) is 5.66. The van der Waals surface area contributed by atoms with E-state index in [2.05, 4.69) is 17.2 Å². The van der Waals surface area contributed by atoms with Gasteiger partial charge in [-0.25, -0.2) is 0 Å². The molecule has 0 spiro atoms. The third-order valence-corrected chi connectivity index (χ3v) is 4.10. The summed E-state index contributed by atoms with van der Waals surface area (Å²) in [6.07, 6.45) is 0. The Bertz CT molecular complexity index is 692. The van der Waals surface area contributed by atoms with Crippen LogP contribution in [-0.2, 0) is 9.53 Å². The van der Waals surface area contributed by atoms with Crippen molar-refractivity contribution in [1.82, 2.24) is 10.6 Å². The summed E-state index contributed by atoms with van der Waals surface area (Å²) in [7, 11) is 4.58. The number of carbonyl (C=O) groups excluding carboxylic acids is 1. The number of nitrogens with one attached hydrogen (secondary N) is 2. The summed E-state index contributed by atoms with van der Waals surface area (Å²) in [6, 6.07) is 3.02. The smallest absolute Gasteiger partial charge is 0.317 e. The molecule has 1 saturated heterocycles. The van der Waals surface area contributed by atoms with Crippen LogP contribution in [0, 0.1) is 5.92 Å². The van der Waals surface area contributed by atoms with Crippen molar-refractivity contribution >= 4 is 23.3 Å². The number of methoxy groups -OCH3 is 3. The first-order valence-electron chi connectivity index (χ1n) is 7.70. The number of hydrogen-bond acceptors (Lipinski definition) is 6. The Morgan fingerprint density at radius 3 is 2.44 bits per heavy atom. The van der Waals surface area contributed by atoms with Gasteiger partial charge in [-0.1, -0.05) is 6.58 Å². The standard InChI is InChI=1S/C17H22N2O5S/c1-6-24-16(20)12-9(2)18-17(25)19-13(12)10-7-8-11(21-3)15(23-5)14(10)22-4/h7-8,12-13H,2,6H2,1,3-5H3,(H2,18,19,25)/t12-,13+/m0/s1. The molecule has 0 radical (unpaired) electrons. The van der Waals surface area contributed by atoms with Gasteiger partial charge in [0.15, 0.2) is 16.6 Å². The minimum atomic E-state index is -0.682. The van der Waals surface area contributed by atoms with Gasteiger partial charge in [0.1, 0.15) is 5.92 Å². The predicted octanol–water partition coefficient (Wildman–Crippen LogP) is 1.92. The zero-order valence-electron chi connectivity index (χ0n) is 14.7. The van der Waals surface area contributed by atoms with E-state index in [1.807, 2.05) is 0 Å². The summed E-state index contributed by atoms with van der Waals surface area (Å²) in [5.41, 5.74) is 1.15. The van der Waals surface area contributed by atoms with Crippen LogP contribution in [-0.4, -0.2) is 39.0 Å². The molecule has 25 heavy (non-hydrogen) atoms. The maximum absolute atomic E-state index is 12.5. The fourth-order valence-corrected chi connectivity index (χ4v) is 3.08. The summed E-state index contributed by atoms with van der Waals surface area (Å²) in [5, 5.41) is 6.35. The maximum atomic E-state index is 12.5. The van der Waals surface area contributed by atoms with Crippen LogP contribution in [0.15, 0.2) is 24.4 Å². The van der Waals surface area contributed by atoms with Crippen LogP contribution in [0.3, 0.4) is 0 Å². The van der Waals surface area contributed by atoms with Gasteiger partial charge in [-0.05, 0) is 31.3 Å². The third-order valence-electron chi connectivity index (χ3n) is 3.88. The molecule has 0 saturated carbocycles. The lowest BCUT2D eigenvalue weighted by atomic mass is 9.88. The van der Waals surface area contributed by atoms with Crippen LogP contribution in [0.25, 0.3) is 0 Å². The molecule has 0 bridgehead atoms. The van der Waals surface area contributed by atoms with Crippen molar-refractivity contribution in [2.45, 2.75) is 13.0 Å². The minimum absolute atomic E-state index is 0.267. The van der Waals surface area contributed by atoms with Crippen LogP contribution in [0.5, 0.6) is 17.2 Å². The zero-order chi connectivity index (χ0) is 18.6. The lowest BCUT2D eigenvalue weighted by Gasteiger charge is -2.35. The van der Waals surface area contributed by atoms with Crippen molar-refractivity contribution in [3.8, 4) is 17.2 Å². The largest absolute Gasteiger partial charge is 0.493 e. The Morgan fingerprint density at radius 2 is 1.88 bits per heavy atom. The van der Waals surface area contributed by atoms with E-state index in [-0.39, 0.29) is 6.61 Å². The Balaban J connectivity index is 2.57. The molecular weight excluding hydrogens is 344 g/mol. The molecule has 1 fully saturated rings. The highest BCUT2D eigenvalue weighted by atomic mass is 32.1. The van der Waals surface area contributed by atoms with Crippen molar-refractivity contribution in [2.24, 2.45) is 5.92 Å². The highest BCUT2D eigenvalue weighted by molar-refractivity contribution is 7.80. The van der Waals surface area contributed by atoms with Crippen molar-refractivity contribution in [3.05, 3.63) is 30.0 Å². The molecule has 0 amide bonds. The first-order chi connectivity index (χ1) is 12.0. The average molecular weight is 366 g/mol. The predicted molar refractivity (Wildman–Crippen MR) is 97.0 cm³/mol. The monoisotopic (exact) mass is 366 g/mol. The van der Waals surface area contributed by atoms with E-state index in [9.17, 15) is 4.79 Å². The van der Waals surface area contributed by atoms with E-state index < -0.39 is 17.9 Å². The molecule has 8 heteroatoms. The Hall–Kier alpha value is -2.48. The second-order valence-electron chi connectivity index (χ2n) is 5.25. The quantitative estimate of drug-likeness (QED) is 0.584. The number of carbonyl (C=O) groups is 1. The zero-order valence-corrected chi connectivity index (χ0v) is 15.5. The number of esters is 1. The van der Waals surface area contributed by atoms with Gasteiger partial charge in [0.25, 0.3) is 0 Å². The summed E-state index contributed by atoms with van der Waals surface area (Å²) in [6.45, 7) is 5.94. The van der Waals surface area contributed by atoms with Gasteiger partial charge in [-0.15, -0.1) is 0 Å². The van der Waals surface area contributed by atoms with E-state index in [1.165, 1.54) is 21.3 Å². The number of rotatable bonds is 6. The fraction of sp³-hybridized carbons (Fsp3) is 0.412. The third kappa shape index (κ3) is 3.63. The summed E-state index contributed by atoms with van der Waals surface area (Å²) < 4.78 is 21.5. The Labute approximate surface area is 152 Å². The molecule has 2 N–H and O–H groups in total. The molecule has 1 aromatic carbocycles. The number of thiocarbonyl (C=S) groups is 1. The molecule has 1 heterocycles. The van der Waals surface area contributed by atoms with Crippen molar-refractivity contribution in [2.75, 3.05) is 27.9 Å². The number of benzene rings is 1. The first kappa shape index (κ1) is 18.9. The maximum Gasteiger partial charge on any atom is 0.317 e. The lowest BCUT2D eigenvalue weighted by molar-refractivity contribution is -0.147. The van der Waals surface area contributed by atoms with Gasteiger partial charge >= 0.3 is 5.97 Å². The Morgan fingerprint density at radius 1 is 1.20 bits per heavy atom. The topological polar surface area (TPSA) is 78.0 Å². The molecular formula is C17H22N2O5S. The van der Waals surface area contributed by atoms with Gasteiger partial charge in [-0.2, -0.15) is 0 Å². The molecule has 1 aromatic rings. The van der Waals surface area contributed by atoms with E-state index in [4.69, 9.17) is 31.2 Å². The molecule has 136 valence electrons. The summed E-state index contributed by atoms with van der Waals surface area (Å²) >= 11 is 5.22. The van der Waals surface area contributed by atoms with E-state index in [0.717, 1.165) is 0 Å². The van der Waals surface area contributed by atoms with Gasteiger partial charge < -0.3 is 29.6 Å². The van der Waals surface area contributed by atoms with Crippen molar-refractivity contribution < 1.29 is 23.7 Å². The van der Waals surface area contributed by atoms with Crippen LogP contribution in [0.4, 0.5) is 0 Å². The van der Waals surface area contributed by atoms with Crippen LogP contribution in [0.2, 0.25) is 0 Å². The van der Waals surface area contributed by atoms with Gasteiger partial charge in [0.2, 0.25) is 5.75 Å². The van der Waals surface area contributed by atoms with E-state index in [0.29, 0.717) is 33.6 Å². The van der Waals surface area contributed by atoms with Gasteiger partial charge in [0, 0.05) is 11.3 Å². The normalized spacial score (nSPS) is 19.5. The SMILES string of the molecule is C=C1NC(=S)N[C@H](c2ccc(OC)c(OC)c2OC)[C@H]1C(=O)OCC. The van der Waals surface area contributed by atoms with Crippen LogP contribution in [0.1, 0.15) is 18.5 Å². The number of ether oxygens (including phenoxy) is 4. The molecule has 0 unspecified atom stereocenters. The molecule has 1 aliphatic rings. The van der Waals surface area contributed by atoms with Crippen molar-refractivity contribution in [1.29, 1.82) is 0 Å². The second kappa shape index (κ2) is 8.06. The van der Waals surface area contributed by atoms with Gasteiger partial charge in [0.05, 0.1) is 34.0 Å². The molecule has 7 nitrogen and oxygen atoms in total. The molecule has 1 aliphatic heterocycles. The lowest BCUT2D eigenvalue weighted by Crippen LogP contribution is -2.51. The summed E-state index contributed by atoms with van der Waals surface area (Å²) in [5.74, 6) is 0.315. The van der Waals surface area contributed by atoms with E-state index in [1.54, 1.807) is 19.1 Å². The van der Waals surface area contributed by atoms with Crippen molar-refractivity contribution in [3.63, 3.8) is 0 Å². The van der Waals surface area contributed by atoms with Gasteiger partial charge in [-0.3, -0.25) is 4.79 Å². The first-order valence-corrected chi connectivity index (χ1v) is 8.11. The molecule has 2 rings (SSSR count). The average Bonchev–Trinajstić information content (AvgIpc) is 2.59. The highest BCUT2D eigenvalue weighted by Crippen LogP contribution is 2.45. The minimum Gasteiger partial charge on any atom is -0.493 e. The fourth-order valence-electron chi connectivity index (χ4n) is 2.82. The van der Waals surface area contributed by atoms with E-state index >= 15 is 0 Å². The molecule has 0 aliphatic carbocycles. The van der Waals surface area contributed by atoms with Crippen LogP contribution < -0.4 is 24.8 Å². The summed E-state index contributed by atoms with van der Waals surface area (Å²) in [4.78, 5) is 12.5. The highest BCUT2D eigenvalue weighted by Gasteiger charge is 2.40.